The van der Waals surface area contributed by atoms with E-state index in [1.165, 1.54) is 58.0 Å². The topological polar surface area (TPSA) is 29.3 Å². The van der Waals surface area contributed by atoms with Crippen LogP contribution in [-0.2, 0) is 0 Å². The zero-order valence-corrected chi connectivity index (χ0v) is 12.8. The molecule has 0 aromatic carbocycles. The first-order valence-electron chi connectivity index (χ1n) is 8.13. The summed E-state index contributed by atoms with van der Waals surface area (Å²) < 4.78 is 0. The van der Waals surface area contributed by atoms with Crippen LogP contribution >= 0.6 is 0 Å². The van der Waals surface area contributed by atoms with Crippen LogP contribution in [0.5, 0.6) is 0 Å². The summed E-state index contributed by atoms with van der Waals surface area (Å²) in [6.45, 7) is 10.4. The molecule has 0 heterocycles. The first-order valence-corrected chi connectivity index (χ1v) is 8.13. The summed E-state index contributed by atoms with van der Waals surface area (Å²) >= 11 is 0. The number of hydrogen-bond donors (Lipinski definition) is 1. The average molecular weight is 254 g/mol. The van der Waals surface area contributed by atoms with Crippen LogP contribution in [0.1, 0.15) is 65.7 Å². The zero-order chi connectivity index (χ0) is 13.4. The maximum absolute atomic E-state index is 5.71. The van der Waals surface area contributed by atoms with E-state index < -0.39 is 0 Å². The van der Waals surface area contributed by atoms with Gasteiger partial charge in [-0.3, -0.25) is 0 Å². The summed E-state index contributed by atoms with van der Waals surface area (Å²) in [6.07, 6.45) is 9.68. The Hall–Kier alpha value is -0.0800. The highest BCUT2D eigenvalue weighted by molar-refractivity contribution is 4.77. The number of nitrogens with zero attached hydrogens (tertiary/aromatic N) is 1. The lowest BCUT2D eigenvalue weighted by Crippen LogP contribution is -2.34. The Morgan fingerprint density at radius 2 is 1.83 bits per heavy atom. The van der Waals surface area contributed by atoms with Crippen molar-refractivity contribution in [2.75, 3.05) is 19.6 Å². The van der Waals surface area contributed by atoms with E-state index in [-0.39, 0.29) is 0 Å². The molecule has 18 heavy (non-hydrogen) atoms. The van der Waals surface area contributed by atoms with Crippen LogP contribution < -0.4 is 5.73 Å². The smallest absolute Gasteiger partial charge is 0.00951 e. The fourth-order valence-corrected chi connectivity index (χ4v) is 3.45. The van der Waals surface area contributed by atoms with E-state index in [2.05, 4.69) is 25.7 Å². The summed E-state index contributed by atoms with van der Waals surface area (Å²) in [6, 6.07) is 0.891. The van der Waals surface area contributed by atoms with Crippen LogP contribution in [0.15, 0.2) is 0 Å². The number of hydrogen-bond acceptors (Lipinski definition) is 2. The van der Waals surface area contributed by atoms with Crippen molar-refractivity contribution in [2.24, 2.45) is 17.6 Å². The molecular formula is C16H34N2. The van der Waals surface area contributed by atoms with Gasteiger partial charge in [0.15, 0.2) is 0 Å². The lowest BCUT2D eigenvalue weighted by Gasteiger charge is -2.28. The van der Waals surface area contributed by atoms with Gasteiger partial charge in [0.2, 0.25) is 0 Å². The maximum atomic E-state index is 5.71. The summed E-state index contributed by atoms with van der Waals surface area (Å²) in [5.74, 6) is 1.62. The molecule has 0 spiro atoms. The molecule has 2 N–H and O–H groups in total. The minimum absolute atomic E-state index is 0.787. The second-order valence-electron chi connectivity index (χ2n) is 6.29. The first kappa shape index (κ1) is 16.0. The zero-order valence-electron chi connectivity index (χ0n) is 12.8. The minimum Gasteiger partial charge on any atom is -0.330 e. The van der Waals surface area contributed by atoms with Crippen LogP contribution in [0, 0.1) is 11.8 Å². The second-order valence-corrected chi connectivity index (χ2v) is 6.29. The third kappa shape index (κ3) is 5.27. The summed E-state index contributed by atoms with van der Waals surface area (Å²) in [7, 11) is 0. The maximum Gasteiger partial charge on any atom is 0.00951 e. The van der Waals surface area contributed by atoms with E-state index in [4.69, 9.17) is 5.73 Å². The lowest BCUT2D eigenvalue weighted by atomic mass is 9.88. The minimum atomic E-state index is 0.787. The quantitative estimate of drug-likeness (QED) is 0.680. The number of nitrogens with two attached hydrogens (primary N) is 1. The monoisotopic (exact) mass is 254 g/mol. The van der Waals surface area contributed by atoms with Gasteiger partial charge in [-0.1, -0.05) is 33.6 Å². The Kier molecular flexibility index (Phi) is 7.92. The van der Waals surface area contributed by atoms with Crippen molar-refractivity contribution < 1.29 is 0 Å². The second kappa shape index (κ2) is 8.92. The van der Waals surface area contributed by atoms with Crippen LogP contribution in [-0.4, -0.2) is 30.6 Å². The van der Waals surface area contributed by atoms with E-state index in [0.29, 0.717) is 0 Å². The molecule has 0 aromatic heterocycles. The van der Waals surface area contributed by atoms with Crippen molar-refractivity contribution in [2.45, 2.75) is 71.8 Å². The van der Waals surface area contributed by atoms with Gasteiger partial charge in [-0.25, -0.2) is 0 Å². The molecule has 1 rings (SSSR count). The molecule has 0 aliphatic heterocycles. The molecule has 0 radical (unpaired) electrons. The predicted octanol–water partition coefficient (Wildman–Crippen LogP) is 3.65. The SMILES string of the molecule is CCN(CCCC(CCN)C(C)C)C1CCCC1. The molecule has 0 aromatic rings. The molecule has 1 aliphatic rings. The van der Waals surface area contributed by atoms with E-state index in [1.807, 2.05) is 0 Å². The van der Waals surface area contributed by atoms with Crippen LogP contribution in [0.3, 0.4) is 0 Å². The Morgan fingerprint density at radius 1 is 1.17 bits per heavy atom. The Labute approximate surface area is 114 Å². The Morgan fingerprint density at radius 3 is 2.33 bits per heavy atom. The van der Waals surface area contributed by atoms with Crippen molar-refractivity contribution in [3.63, 3.8) is 0 Å². The van der Waals surface area contributed by atoms with Crippen LogP contribution in [0.25, 0.3) is 0 Å². The fraction of sp³-hybridized carbons (Fsp3) is 1.00. The highest BCUT2D eigenvalue weighted by Crippen LogP contribution is 2.25. The van der Waals surface area contributed by atoms with E-state index >= 15 is 0 Å². The van der Waals surface area contributed by atoms with Crippen molar-refractivity contribution in [3.8, 4) is 0 Å². The standard InChI is InChI=1S/C16H34N2/c1-4-18(16-9-5-6-10-16)13-7-8-15(11-12-17)14(2)3/h14-16H,4-13,17H2,1-3H3. The molecule has 0 saturated heterocycles. The largest absolute Gasteiger partial charge is 0.330 e. The van der Waals surface area contributed by atoms with Gasteiger partial charge >= 0.3 is 0 Å². The molecule has 1 aliphatic carbocycles. The Bertz CT molecular complexity index is 197. The first-order chi connectivity index (χ1) is 8.69. The third-order valence-corrected chi connectivity index (χ3v) is 4.75. The third-order valence-electron chi connectivity index (χ3n) is 4.75. The molecule has 1 fully saturated rings. The van der Waals surface area contributed by atoms with E-state index in [1.54, 1.807) is 0 Å². The fourth-order valence-electron chi connectivity index (χ4n) is 3.45. The van der Waals surface area contributed by atoms with E-state index in [0.717, 1.165) is 24.4 Å². The predicted molar refractivity (Wildman–Crippen MR) is 80.7 cm³/mol. The molecule has 108 valence electrons. The van der Waals surface area contributed by atoms with Crippen molar-refractivity contribution in [3.05, 3.63) is 0 Å². The molecule has 0 bridgehead atoms. The van der Waals surface area contributed by atoms with Crippen molar-refractivity contribution in [1.82, 2.24) is 4.90 Å². The normalized spacial score (nSPS) is 19.0. The van der Waals surface area contributed by atoms with Gasteiger partial charge in [-0.05, 0) is 63.6 Å². The van der Waals surface area contributed by atoms with E-state index in [9.17, 15) is 0 Å². The van der Waals surface area contributed by atoms with Gasteiger partial charge < -0.3 is 10.6 Å². The summed E-state index contributed by atoms with van der Waals surface area (Å²) in [5.41, 5.74) is 5.71. The highest BCUT2D eigenvalue weighted by atomic mass is 15.1. The molecule has 0 amide bonds. The van der Waals surface area contributed by atoms with Gasteiger partial charge in [-0.2, -0.15) is 0 Å². The average Bonchev–Trinajstić information content (AvgIpc) is 2.86. The molecule has 2 nitrogen and oxygen atoms in total. The summed E-state index contributed by atoms with van der Waals surface area (Å²) in [4.78, 5) is 2.72. The molecular weight excluding hydrogens is 220 g/mol. The van der Waals surface area contributed by atoms with Gasteiger partial charge in [-0.15, -0.1) is 0 Å². The number of rotatable bonds is 9. The molecule has 2 heteroatoms. The van der Waals surface area contributed by atoms with Crippen LogP contribution in [0.4, 0.5) is 0 Å². The molecule has 1 saturated carbocycles. The van der Waals surface area contributed by atoms with Crippen LogP contribution in [0.2, 0.25) is 0 Å². The van der Waals surface area contributed by atoms with Gasteiger partial charge in [0.1, 0.15) is 0 Å². The van der Waals surface area contributed by atoms with Gasteiger partial charge in [0.25, 0.3) is 0 Å². The molecule has 1 unspecified atom stereocenters. The Balaban J connectivity index is 2.24. The van der Waals surface area contributed by atoms with Gasteiger partial charge in [0.05, 0.1) is 0 Å². The summed E-state index contributed by atoms with van der Waals surface area (Å²) in [5, 5.41) is 0. The van der Waals surface area contributed by atoms with Crippen molar-refractivity contribution >= 4 is 0 Å². The lowest BCUT2D eigenvalue weighted by molar-refractivity contribution is 0.195. The van der Waals surface area contributed by atoms with Crippen molar-refractivity contribution in [1.29, 1.82) is 0 Å². The highest BCUT2D eigenvalue weighted by Gasteiger charge is 2.21. The van der Waals surface area contributed by atoms with Gasteiger partial charge in [0, 0.05) is 6.04 Å². The molecule has 1 atom stereocenters.